The van der Waals surface area contributed by atoms with Gasteiger partial charge in [0.25, 0.3) is 5.95 Å². The highest BCUT2D eigenvalue weighted by Gasteiger charge is 2.09. The van der Waals surface area contributed by atoms with Gasteiger partial charge in [-0.3, -0.25) is 0 Å². The number of aliphatic imine (C=N–C) groups is 1. The largest absolute Gasteiger partial charge is 0.858 e. The molecule has 4 aromatic rings. The van der Waals surface area contributed by atoms with Crippen molar-refractivity contribution < 1.29 is 9.84 Å². The average Bonchev–Trinajstić information content (AvgIpc) is 3.20. The van der Waals surface area contributed by atoms with Crippen LogP contribution in [0.2, 0.25) is 0 Å². The van der Waals surface area contributed by atoms with E-state index in [1.54, 1.807) is 13.2 Å². The minimum absolute atomic E-state index is 0.0121. The first-order valence-electron chi connectivity index (χ1n) is 7.78. The molecule has 1 N–H and O–H groups in total. The van der Waals surface area contributed by atoms with Crippen LogP contribution in [0.15, 0.2) is 59.6 Å². The predicted molar refractivity (Wildman–Crippen MR) is 94.1 cm³/mol. The molecule has 0 atom stereocenters. The Kier molecular flexibility index (Phi) is 3.98. The molecule has 0 bridgehead atoms. The number of para-hydroxylation sites is 1. The van der Waals surface area contributed by atoms with Gasteiger partial charge >= 0.3 is 0 Å². The van der Waals surface area contributed by atoms with Crippen LogP contribution in [-0.4, -0.2) is 38.6 Å². The molecule has 0 unspecified atom stereocenters. The molecular weight excluding hydrogens is 332 g/mol. The molecular formula is C18H13N6O2-. The Balaban J connectivity index is 1.88. The summed E-state index contributed by atoms with van der Waals surface area (Å²) in [5, 5.41) is 26.5. The van der Waals surface area contributed by atoms with Gasteiger partial charge in [0.1, 0.15) is 5.75 Å². The van der Waals surface area contributed by atoms with Gasteiger partial charge in [0.15, 0.2) is 0 Å². The highest BCUT2D eigenvalue weighted by atomic mass is 16.5. The molecule has 26 heavy (non-hydrogen) atoms. The number of aromatic nitrogens is 5. The first-order valence-corrected chi connectivity index (χ1v) is 7.78. The van der Waals surface area contributed by atoms with Gasteiger partial charge in [0.2, 0.25) is 0 Å². The quantitative estimate of drug-likeness (QED) is 0.446. The Morgan fingerprint density at radius 3 is 2.65 bits per heavy atom. The van der Waals surface area contributed by atoms with Crippen molar-refractivity contribution >= 4 is 22.7 Å². The van der Waals surface area contributed by atoms with E-state index in [-0.39, 0.29) is 5.95 Å². The molecule has 8 nitrogen and oxygen atoms in total. The minimum atomic E-state index is -0.459. The molecule has 0 saturated heterocycles. The third-order valence-electron chi connectivity index (χ3n) is 3.87. The summed E-state index contributed by atoms with van der Waals surface area (Å²) in [6.45, 7) is 0. The Hall–Kier alpha value is -3.81. The Labute approximate surface area is 148 Å². The molecule has 4 rings (SSSR count). The van der Waals surface area contributed by atoms with E-state index in [1.807, 2.05) is 48.5 Å². The van der Waals surface area contributed by atoms with E-state index >= 15 is 0 Å². The molecule has 0 spiro atoms. The number of rotatable bonds is 4. The monoisotopic (exact) mass is 345 g/mol. The van der Waals surface area contributed by atoms with E-state index in [9.17, 15) is 5.11 Å². The van der Waals surface area contributed by atoms with Gasteiger partial charge in [-0.1, -0.05) is 23.3 Å². The molecule has 2 aromatic carbocycles. The normalized spacial score (nSPS) is 11.7. The highest BCUT2D eigenvalue weighted by molar-refractivity contribution is 6.05. The van der Waals surface area contributed by atoms with Crippen molar-refractivity contribution in [2.24, 2.45) is 4.99 Å². The van der Waals surface area contributed by atoms with Crippen molar-refractivity contribution in [3.63, 3.8) is 0 Å². The van der Waals surface area contributed by atoms with Crippen LogP contribution in [0, 0.1) is 0 Å². The number of tetrazole rings is 1. The second kappa shape index (κ2) is 6.60. The van der Waals surface area contributed by atoms with Crippen molar-refractivity contribution in [1.82, 2.24) is 25.6 Å². The predicted octanol–water partition coefficient (Wildman–Crippen LogP) is 1.86. The number of hydrogen-bond donors (Lipinski definition) is 1. The molecule has 0 radical (unpaired) electrons. The van der Waals surface area contributed by atoms with Crippen molar-refractivity contribution in [3.05, 3.63) is 60.2 Å². The fourth-order valence-corrected chi connectivity index (χ4v) is 2.62. The maximum Gasteiger partial charge on any atom is 0.288 e. The van der Waals surface area contributed by atoms with E-state index in [0.29, 0.717) is 22.2 Å². The number of aromatic amines is 1. The van der Waals surface area contributed by atoms with Crippen LogP contribution in [0.25, 0.3) is 22.2 Å². The number of benzene rings is 2. The molecule has 0 aliphatic carbocycles. The summed E-state index contributed by atoms with van der Waals surface area (Å²) in [5.74, 6) is 0.277. The molecule has 0 aliphatic rings. The van der Waals surface area contributed by atoms with Gasteiger partial charge in [-0.25, -0.2) is 9.98 Å². The lowest BCUT2D eigenvalue weighted by Crippen LogP contribution is -2.19. The number of methoxy groups -OCH3 is 1. The summed E-state index contributed by atoms with van der Waals surface area (Å²) in [6.07, 6.45) is 0. The lowest BCUT2D eigenvalue weighted by Gasteiger charge is -2.14. The number of fused-ring (bicyclic) bond motifs is 1. The molecule has 128 valence electrons. The first kappa shape index (κ1) is 15.7. The molecule has 2 aromatic heterocycles. The van der Waals surface area contributed by atoms with Crippen LogP contribution in [0.4, 0.5) is 5.95 Å². The van der Waals surface area contributed by atoms with E-state index in [2.05, 4.69) is 30.6 Å². The fourth-order valence-electron chi connectivity index (χ4n) is 2.62. The zero-order valence-corrected chi connectivity index (χ0v) is 13.7. The molecule has 0 aliphatic heterocycles. The lowest BCUT2D eigenvalue weighted by atomic mass is 10.0. The number of nitrogens with zero attached hydrogens (tertiary/aromatic N) is 5. The number of ether oxygens (including phenoxy) is 1. The smallest absolute Gasteiger partial charge is 0.288 e. The standard InChI is InChI=1S/C18H14N6O2/c1-26-12-8-6-11(7-9-12)16-10-14(13-4-2-3-5-15(13)19-16)17(25)20-18-21-23-24-22-18/h2-10H,1H3,(H2,20,21,22,23,24,25)/p-1. The van der Waals surface area contributed by atoms with Crippen LogP contribution in [0.5, 0.6) is 5.75 Å². The van der Waals surface area contributed by atoms with Gasteiger partial charge in [-0.05, 0) is 53.1 Å². The molecule has 0 saturated carbocycles. The van der Waals surface area contributed by atoms with Gasteiger partial charge in [0, 0.05) is 10.9 Å². The van der Waals surface area contributed by atoms with E-state index in [1.165, 1.54) is 0 Å². The van der Waals surface area contributed by atoms with Crippen molar-refractivity contribution in [3.8, 4) is 17.0 Å². The lowest BCUT2D eigenvalue weighted by molar-refractivity contribution is -0.212. The van der Waals surface area contributed by atoms with Crippen LogP contribution < -0.4 is 9.84 Å². The van der Waals surface area contributed by atoms with Gasteiger partial charge < -0.3 is 9.84 Å². The molecule has 2 heterocycles. The van der Waals surface area contributed by atoms with Gasteiger partial charge in [-0.15, -0.1) is 5.10 Å². The SMILES string of the molecule is COc1ccc(-c2cc(C([O-])=Nc3nn[nH]n3)c3ccccc3n2)cc1. The topological polar surface area (TPSA) is 112 Å². The number of H-pyrrole nitrogens is 1. The van der Waals surface area contributed by atoms with Crippen LogP contribution in [0.3, 0.4) is 0 Å². The Morgan fingerprint density at radius 2 is 1.92 bits per heavy atom. The summed E-state index contributed by atoms with van der Waals surface area (Å²) >= 11 is 0. The Bertz CT molecular complexity index is 1070. The maximum absolute atomic E-state index is 12.7. The summed E-state index contributed by atoms with van der Waals surface area (Å²) in [6, 6.07) is 16.6. The zero-order chi connectivity index (χ0) is 17.9. The number of hydrogen-bond acceptors (Lipinski definition) is 7. The fraction of sp³-hybridized carbons (Fsp3) is 0.0556. The first-order chi connectivity index (χ1) is 12.7. The number of nitrogens with one attached hydrogen (secondary N) is 1. The van der Waals surface area contributed by atoms with Gasteiger partial charge in [-0.2, -0.15) is 5.21 Å². The minimum Gasteiger partial charge on any atom is -0.858 e. The van der Waals surface area contributed by atoms with Crippen molar-refractivity contribution in [2.75, 3.05) is 7.11 Å². The van der Waals surface area contributed by atoms with E-state index in [4.69, 9.17) is 4.74 Å². The molecule has 0 fully saturated rings. The summed E-state index contributed by atoms with van der Waals surface area (Å²) in [7, 11) is 1.61. The van der Waals surface area contributed by atoms with Gasteiger partial charge in [0.05, 0.1) is 18.3 Å². The summed E-state index contributed by atoms with van der Waals surface area (Å²) < 4.78 is 5.18. The zero-order valence-electron chi connectivity index (χ0n) is 13.7. The maximum atomic E-state index is 12.7. The summed E-state index contributed by atoms with van der Waals surface area (Å²) in [4.78, 5) is 8.56. The van der Waals surface area contributed by atoms with E-state index in [0.717, 1.165) is 11.3 Å². The molecule has 8 heteroatoms. The Morgan fingerprint density at radius 1 is 1.12 bits per heavy atom. The average molecular weight is 345 g/mol. The number of pyridine rings is 1. The highest BCUT2D eigenvalue weighted by Crippen LogP contribution is 2.26. The third kappa shape index (κ3) is 2.95. The van der Waals surface area contributed by atoms with E-state index < -0.39 is 5.90 Å². The summed E-state index contributed by atoms with van der Waals surface area (Å²) in [5.41, 5.74) is 2.65. The van der Waals surface area contributed by atoms with Crippen LogP contribution in [0.1, 0.15) is 5.56 Å². The third-order valence-corrected chi connectivity index (χ3v) is 3.87. The second-order valence-electron chi connectivity index (χ2n) is 5.43. The van der Waals surface area contributed by atoms with Crippen molar-refractivity contribution in [1.29, 1.82) is 0 Å². The second-order valence-corrected chi connectivity index (χ2v) is 5.43. The van der Waals surface area contributed by atoms with Crippen molar-refractivity contribution in [2.45, 2.75) is 0 Å². The molecule has 0 amide bonds. The van der Waals surface area contributed by atoms with Crippen LogP contribution >= 0.6 is 0 Å². The van der Waals surface area contributed by atoms with Crippen LogP contribution in [-0.2, 0) is 0 Å².